The second kappa shape index (κ2) is 5.77. The van der Waals surface area contributed by atoms with Gasteiger partial charge in [-0.15, -0.1) is 0 Å². The van der Waals surface area contributed by atoms with Crippen molar-refractivity contribution in [2.24, 2.45) is 0 Å². The van der Waals surface area contributed by atoms with Crippen LogP contribution in [0, 0.1) is 0 Å². The second-order valence-corrected chi connectivity index (χ2v) is 4.34. The molecule has 0 saturated carbocycles. The summed E-state index contributed by atoms with van der Waals surface area (Å²) in [5.74, 6) is 0. The van der Waals surface area contributed by atoms with Crippen molar-refractivity contribution in [3.05, 3.63) is 0 Å². The van der Waals surface area contributed by atoms with Crippen LogP contribution in [-0.4, -0.2) is 78.7 Å². The highest BCUT2D eigenvalue weighted by molar-refractivity contribution is 5.95. The molecule has 2 rings (SSSR count). The van der Waals surface area contributed by atoms with E-state index in [1.807, 2.05) is 0 Å². The summed E-state index contributed by atoms with van der Waals surface area (Å²) in [6.45, 7) is 4.68. The molecule has 0 aromatic carbocycles. The monoisotopic (exact) mass is 270 g/mol. The Morgan fingerprint density at radius 3 is 2.32 bits per heavy atom. The Bertz CT molecular complexity index is 379. The summed E-state index contributed by atoms with van der Waals surface area (Å²) in [7, 11) is 0. The number of nitrogens with one attached hydrogen (secondary N) is 1. The minimum atomic E-state index is -0.353. The topological polar surface area (TPSA) is 82.2 Å². The lowest BCUT2D eigenvalue weighted by Gasteiger charge is -2.35. The number of imide groups is 1. The maximum absolute atomic E-state index is 12.1. The van der Waals surface area contributed by atoms with Crippen molar-refractivity contribution in [2.75, 3.05) is 45.9 Å². The van der Waals surface area contributed by atoms with Gasteiger partial charge in [-0.05, 0) is 6.92 Å². The maximum atomic E-state index is 12.1. The van der Waals surface area contributed by atoms with Gasteiger partial charge >= 0.3 is 18.2 Å². The Hall–Kier alpha value is -1.99. The zero-order chi connectivity index (χ0) is 13.8. The van der Waals surface area contributed by atoms with E-state index >= 15 is 0 Å². The van der Waals surface area contributed by atoms with Crippen LogP contribution in [0.4, 0.5) is 14.4 Å². The number of urea groups is 2. The Morgan fingerprint density at radius 2 is 1.79 bits per heavy atom. The highest BCUT2D eigenvalue weighted by Gasteiger charge is 2.32. The van der Waals surface area contributed by atoms with E-state index in [0.717, 1.165) is 0 Å². The third kappa shape index (κ3) is 2.88. The molecule has 2 aliphatic rings. The van der Waals surface area contributed by atoms with Crippen LogP contribution in [0.25, 0.3) is 0 Å². The highest BCUT2D eigenvalue weighted by atomic mass is 16.6. The van der Waals surface area contributed by atoms with Gasteiger partial charge in [-0.2, -0.15) is 0 Å². The van der Waals surface area contributed by atoms with E-state index in [1.54, 1.807) is 16.7 Å². The molecule has 1 N–H and O–H groups in total. The second-order valence-electron chi connectivity index (χ2n) is 4.34. The number of carbonyl (C=O) groups excluding carboxylic acids is 3. The summed E-state index contributed by atoms with van der Waals surface area (Å²) in [6, 6.07) is -0.642. The minimum Gasteiger partial charge on any atom is -0.450 e. The summed E-state index contributed by atoms with van der Waals surface area (Å²) in [5, 5.41) is 2.59. The normalized spacial score (nSPS) is 19.4. The highest BCUT2D eigenvalue weighted by Crippen LogP contribution is 2.09. The molecule has 0 unspecified atom stereocenters. The first-order chi connectivity index (χ1) is 9.13. The van der Waals surface area contributed by atoms with Gasteiger partial charge in [0.25, 0.3) is 0 Å². The molecule has 2 saturated heterocycles. The lowest BCUT2D eigenvalue weighted by Crippen LogP contribution is -2.54. The van der Waals surface area contributed by atoms with Gasteiger partial charge in [-0.25, -0.2) is 19.3 Å². The first-order valence-electron chi connectivity index (χ1n) is 6.39. The zero-order valence-corrected chi connectivity index (χ0v) is 10.9. The van der Waals surface area contributed by atoms with Gasteiger partial charge in [0, 0.05) is 39.3 Å². The van der Waals surface area contributed by atoms with Gasteiger partial charge < -0.3 is 19.9 Å². The third-order valence-corrected chi connectivity index (χ3v) is 3.16. The summed E-state index contributed by atoms with van der Waals surface area (Å²) in [5.41, 5.74) is 0. The summed E-state index contributed by atoms with van der Waals surface area (Å²) >= 11 is 0. The molecule has 0 bridgehead atoms. The molecule has 0 aromatic rings. The van der Waals surface area contributed by atoms with Crippen molar-refractivity contribution >= 4 is 18.2 Å². The number of amides is 5. The quantitative estimate of drug-likeness (QED) is 0.721. The molecule has 8 heteroatoms. The van der Waals surface area contributed by atoms with E-state index in [0.29, 0.717) is 45.9 Å². The van der Waals surface area contributed by atoms with Crippen LogP contribution in [0.3, 0.4) is 0 Å². The average molecular weight is 270 g/mol. The van der Waals surface area contributed by atoms with Gasteiger partial charge in [0.05, 0.1) is 6.61 Å². The standard InChI is InChI=1S/C11H18N4O4/c1-2-19-11(18)14-7-5-13(6-8-14)10(17)15-4-3-12-9(15)16/h2-8H2,1H3,(H,12,16). The largest absolute Gasteiger partial charge is 0.450 e. The number of piperazine rings is 1. The van der Waals surface area contributed by atoms with Crippen molar-refractivity contribution in [1.29, 1.82) is 0 Å². The zero-order valence-electron chi connectivity index (χ0n) is 10.9. The first kappa shape index (κ1) is 13.4. The fraction of sp³-hybridized carbons (Fsp3) is 0.727. The van der Waals surface area contributed by atoms with Gasteiger partial charge in [0.2, 0.25) is 0 Å². The van der Waals surface area contributed by atoms with Gasteiger partial charge in [0.1, 0.15) is 0 Å². The Labute approximate surface area is 111 Å². The van der Waals surface area contributed by atoms with E-state index in [-0.39, 0.29) is 18.2 Å². The van der Waals surface area contributed by atoms with Gasteiger partial charge in [-0.1, -0.05) is 0 Å². The van der Waals surface area contributed by atoms with Crippen molar-refractivity contribution in [3.63, 3.8) is 0 Å². The minimum absolute atomic E-state index is 0.293. The molecule has 106 valence electrons. The number of nitrogens with zero attached hydrogens (tertiary/aromatic N) is 3. The van der Waals surface area contributed by atoms with Crippen LogP contribution >= 0.6 is 0 Å². The maximum Gasteiger partial charge on any atom is 0.409 e. The van der Waals surface area contributed by atoms with Gasteiger partial charge in [0.15, 0.2) is 0 Å². The van der Waals surface area contributed by atoms with E-state index in [1.165, 1.54) is 4.90 Å². The smallest absolute Gasteiger partial charge is 0.409 e. The number of carbonyl (C=O) groups is 3. The van der Waals surface area contributed by atoms with Crippen LogP contribution in [0.15, 0.2) is 0 Å². The molecule has 19 heavy (non-hydrogen) atoms. The van der Waals surface area contributed by atoms with Crippen LogP contribution in [0.1, 0.15) is 6.92 Å². The molecule has 5 amide bonds. The number of hydrogen-bond donors (Lipinski definition) is 1. The molecule has 2 heterocycles. The molecule has 8 nitrogen and oxygen atoms in total. The Balaban J connectivity index is 1.84. The van der Waals surface area contributed by atoms with Crippen molar-refractivity contribution in [3.8, 4) is 0 Å². The fourth-order valence-electron chi connectivity index (χ4n) is 2.12. The third-order valence-electron chi connectivity index (χ3n) is 3.16. The van der Waals surface area contributed by atoms with Crippen molar-refractivity contribution < 1.29 is 19.1 Å². The number of ether oxygens (including phenoxy) is 1. The summed E-state index contributed by atoms with van der Waals surface area (Å²) in [6.07, 6.45) is -0.353. The van der Waals surface area contributed by atoms with Crippen molar-refractivity contribution in [1.82, 2.24) is 20.0 Å². The van der Waals surface area contributed by atoms with E-state index in [9.17, 15) is 14.4 Å². The van der Waals surface area contributed by atoms with Gasteiger partial charge in [-0.3, -0.25) is 0 Å². The Kier molecular flexibility index (Phi) is 4.08. The van der Waals surface area contributed by atoms with Crippen LogP contribution in [0.5, 0.6) is 0 Å². The fourth-order valence-corrected chi connectivity index (χ4v) is 2.12. The van der Waals surface area contributed by atoms with E-state index in [2.05, 4.69) is 5.32 Å². The predicted octanol–water partition coefficient (Wildman–Crippen LogP) is -0.0943. The Morgan fingerprint density at radius 1 is 1.16 bits per heavy atom. The molecule has 0 radical (unpaired) electrons. The molecular weight excluding hydrogens is 252 g/mol. The first-order valence-corrected chi connectivity index (χ1v) is 6.39. The lowest BCUT2D eigenvalue weighted by atomic mass is 10.3. The number of rotatable bonds is 1. The lowest BCUT2D eigenvalue weighted by molar-refractivity contribution is 0.0813. The molecule has 0 atom stereocenters. The van der Waals surface area contributed by atoms with Crippen LogP contribution in [-0.2, 0) is 4.74 Å². The molecule has 0 aromatic heterocycles. The van der Waals surface area contributed by atoms with Crippen LogP contribution < -0.4 is 5.32 Å². The molecule has 0 aliphatic carbocycles. The summed E-state index contributed by atoms with van der Waals surface area (Å²) < 4.78 is 4.90. The SMILES string of the molecule is CCOC(=O)N1CCN(C(=O)N2CCNC2=O)CC1. The molecular formula is C11H18N4O4. The number of hydrogen-bond acceptors (Lipinski definition) is 4. The van der Waals surface area contributed by atoms with Crippen molar-refractivity contribution in [2.45, 2.75) is 6.92 Å². The van der Waals surface area contributed by atoms with E-state index in [4.69, 9.17) is 4.74 Å². The molecule has 0 spiro atoms. The molecule has 2 aliphatic heterocycles. The predicted molar refractivity (Wildman–Crippen MR) is 65.7 cm³/mol. The molecule has 2 fully saturated rings. The average Bonchev–Trinajstić information content (AvgIpc) is 2.84. The van der Waals surface area contributed by atoms with Crippen LogP contribution in [0.2, 0.25) is 0 Å². The summed E-state index contributed by atoms with van der Waals surface area (Å²) in [4.78, 5) is 39.3. The van der Waals surface area contributed by atoms with E-state index < -0.39 is 0 Å².